The highest BCUT2D eigenvalue weighted by Crippen LogP contribution is 2.14. The number of carbonyl (C=O) groups excluding carboxylic acids is 1. The minimum absolute atomic E-state index is 0.0391. The van der Waals surface area contributed by atoms with Crippen LogP contribution in [0.4, 0.5) is 0 Å². The fourth-order valence-corrected chi connectivity index (χ4v) is 2.02. The SMILES string of the molecule is COC(=O)c1ccc(C)nc1Cl.Cc1ccc(C(=O)O)c(Cl)n1. The Balaban J connectivity index is 0.000000231. The van der Waals surface area contributed by atoms with Crippen LogP contribution >= 0.6 is 23.2 Å². The van der Waals surface area contributed by atoms with E-state index in [1.54, 1.807) is 32.0 Å². The summed E-state index contributed by atoms with van der Waals surface area (Å²) in [5, 5.41) is 8.75. The van der Waals surface area contributed by atoms with Crippen LogP contribution in [-0.4, -0.2) is 34.1 Å². The maximum absolute atomic E-state index is 11.0. The van der Waals surface area contributed by atoms with Gasteiger partial charge in [-0.15, -0.1) is 0 Å². The van der Waals surface area contributed by atoms with Crippen molar-refractivity contribution in [2.24, 2.45) is 0 Å². The summed E-state index contributed by atoms with van der Waals surface area (Å²) in [5.41, 5.74) is 1.81. The molecule has 2 aromatic heterocycles. The van der Waals surface area contributed by atoms with Crippen LogP contribution in [0.1, 0.15) is 32.1 Å². The van der Waals surface area contributed by atoms with E-state index in [1.807, 2.05) is 0 Å². The van der Waals surface area contributed by atoms with E-state index in [0.717, 1.165) is 5.69 Å². The van der Waals surface area contributed by atoms with Crippen LogP contribution in [0.5, 0.6) is 0 Å². The van der Waals surface area contributed by atoms with E-state index in [1.165, 1.54) is 13.2 Å². The van der Waals surface area contributed by atoms with Crippen molar-refractivity contribution < 1.29 is 19.4 Å². The number of ether oxygens (including phenoxy) is 1. The lowest BCUT2D eigenvalue weighted by Crippen LogP contribution is -2.03. The first-order valence-electron chi connectivity index (χ1n) is 6.34. The number of hydrogen-bond acceptors (Lipinski definition) is 5. The van der Waals surface area contributed by atoms with E-state index in [-0.39, 0.29) is 15.9 Å². The fourth-order valence-electron chi connectivity index (χ4n) is 1.47. The van der Waals surface area contributed by atoms with Crippen molar-refractivity contribution in [1.29, 1.82) is 0 Å². The molecule has 0 saturated carbocycles. The molecule has 0 aliphatic rings. The predicted molar refractivity (Wildman–Crippen MR) is 86.3 cm³/mol. The minimum atomic E-state index is -1.05. The normalized spacial score (nSPS) is 9.61. The van der Waals surface area contributed by atoms with Gasteiger partial charge in [0.1, 0.15) is 10.3 Å². The number of carboxylic acid groups (broad SMARTS) is 1. The molecule has 23 heavy (non-hydrogen) atoms. The van der Waals surface area contributed by atoms with E-state index in [4.69, 9.17) is 28.3 Å². The molecule has 0 fully saturated rings. The van der Waals surface area contributed by atoms with Gasteiger partial charge in [0.2, 0.25) is 0 Å². The molecule has 0 saturated heterocycles. The summed E-state index contributed by atoms with van der Waals surface area (Å²) < 4.78 is 4.49. The molecule has 2 aromatic rings. The molecule has 2 rings (SSSR count). The molecule has 0 bridgehead atoms. The monoisotopic (exact) mass is 356 g/mol. The Hall–Kier alpha value is -2.18. The van der Waals surface area contributed by atoms with Crippen molar-refractivity contribution in [3.8, 4) is 0 Å². The first-order chi connectivity index (χ1) is 10.8. The molecular weight excluding hydrogens is 343 g/mol. The first kappa shape index (κ1) is 18.9. The van der Waals surface area contributed by atoms with E-state index in [0.29, 0.717) is 11.3 Å². The van der Waals surface area contributed by atoms with Gasteiger partial charge in [0.15, 0.2) is 0 Å². The summed E-state index contributed by atoms with van der Waals surface area (Å²) in [6.07, 6.45) is 0. The predicted octanol–water partition coefficient (Wildman–Crippen LogP) is 3.57. The van der Waals surface area contributed by atoms with Crippen LogP contribution in [0.25, 0.3) is 0 Å². The van der Waals surface area contributed by atoms with Gasteiger partial charge in [-0.3, -0.25) is 0 Å². The highest BCUT2D eigenvalue weighted by molar-refractivity contribution is 6.32. The smallest absolute Gasteiger partial charge is 0.341 e. The van der Waals surface area contributed by atoms with Gasteiger partial charge in [-0.05, 0) is 38.1 Å². The molecule has 0 aliphatic carbocycles. The Bertz CT molecular complexity index is 735. The summed E-state index contributed by atoms with van der Waals surface area (Å²) in [6, 6.07) is 6.34. The molecule has 0 unspecified atom stereocenters. The van der Waals surface area contributed by atoms with Gasteiger partial charge in [-0.1, -0.05) is 23.2 Å². The lowest BCUT2D eigenvalue weighted by Gasteiger charge is -2.00. The molecule has 0 aromatic carbocycles. The molecule has 8 heteroatoms. The second-order valence-corrected chi connectivity index (χ2v) is 5.09. The number of nitrogens with zero attached hydrogens (tertiary/aromatic N) is 2. The van der Waals surface area contributed by atoms with Crippen LogP contribution < -0.4 is 0 Å². The largest absolute Gasteiger partial charge is 0.478 e. The van der Waals surface area contributed by atoms with Crippen LogP contribution in [0.2, 0.25) is 10.3 Å². The number of aromatic carboxylic acids is 1. The van der Waals surface area contributed by atoms with Gasteiger partial charge in [-0.2, -0.15) is 0 Å². The average molecular weight is 357 g/mol. The molecule has 0 amide bonds. The topological polar surface area (TPSA) is 89.4 Å². The number of rotatable bonds is 2. The fraction of sp³-hybridized carbons (Fsp3) is 0.200. The summed E-state index contributed by atoms with van der Waals surface area (Å²) in [6.45, 7) is 3.55. The third kappa shape index (κ3) is 5.50. The highest BCUT2D eigenvalue weighted by atomic mass is 35.5. The van der Waals surface area contributed by atoms with Gasteiger partial charge in [-0.25, -0.2) is 19.6 Å². The van der Waals surface area contributed by atoms with Crippen LogP contribution in [0.3, 0.4) is 0 Å². The van der Waals surface area contributed by atoms with Crippen LogP contribution in [-0.2, 0) is 4.74 Å². The molecular formula is C15H14Cl2N2O4. The zero-order valence-electron chi connectivity index (χ0n) is 12.6. The van der Waals surface area contributed by atoms with Gasteiger partial charge in [0.05, 0.1) is 18.2 Å². The highest BCUT2D eigenvalue weighted by Gasteiger charge is 2.10. The Morgan fingerprint density at radius 2 is 1.39 bits per heavy atom. The standard InChI is InChI=1S/C8H8ClNO2.C7H6ClNO2/c1-5-3-4-6(7(9)10-5)8(11)12-2;1-4-2-3-5(7(10)11)6(8)9-4/h3-4H,1-2H3;2-3H,1H3,(H,10,11). The Morgan fingerprint density at radius 3 is 1.74 bits per heavy atom. The molecule has 1 N–H and O–H groups in total. The number of esters is 1. The van der Waals surface area contributed by atoms with Gasteiger partial charge in [0.25, 0.3) is 0 Å². The van der Waals surface area contributed by atoms with Crippen molar-refractivity contribution in [2.75, 3.05) is 7.11 Å². The van der Waals surface area contributed by atoms with E-state index in [2.05, 4.69) is 14.7 Å². The summed E-state index contributed by atoms with van der Waals surface area (Å²) in [7, 11) is 1.30. The second kappa shape index (κ2) is 8.45. The lowest BCUT2D eigenvalue weighted by molar-refractivity contribution is 0.0599. The van der Waals surface area contributed by atoms with Crippen LogP contribution in [0, 0.1) is 13.8 Å². The summed E-state index contributed by atoms with van der Waals surface area (Å²) in [5.74, 6) is -1.52. The van der Waals surface area contributed by atoms with Crippen molar-refractivity contribution in [1.82, 2.24) is 9.97 Å². The van der Waals surface area contributed by atoms with E-state index < -0.39 is 11.9 Å². The second-order valence-electron chi connectivity index (χ2n) is 4.38. The quantitative estimate of drug-likeness (QED) is 0.653. The third-order valence-electron chi connectivity index (χ3n) is 2.61. The molecule has 0 aliphatic heterocycles. The molecule has 0 spiro atoms. The van der Waals surface area contributed by atoms with Crippen molar-refractivity contribution in [3.63, 3.8) is 0 Å². The number of aromatic nitrogens is 2. The Kier molecular flexibility index (Phi) is 6.93. The average Bonchev–Trinajstić information content (AvgIpc) is 2.46. The summed E-state index contributed by atoms with van der Waals surface area (Å²) in [4.78, 5) is 29.1. The Labute approximate surface area is 143 Å². The van der Waals surface area contributed by atoms with Crippen molar-refractivity contribution in [2.45, 2.75) is 13.8 Å². The molecule has 2 heterocycles. The summed E-state index contributed by atoms with van der Waals surface area (Å²) >= 11 is 11.2. The van der Waals surface area contributed by atoms with Gasteiger partial charge < -0.3 is 9.84 Å². The molecule has 0 radical (unpaired) electrons. The van der Waals surface area contributed by atoms with Crippen molar-refractivity contribution in [3.05, 3.63) is 57.1 Å². The maximum Gasteiger partial charge on any atom is 0.341 e. The third-order valence-corrected chi connectivity index (χ3v) is 3.19. The molecule has 122 valence electrons. The number of aryl methyl sites for hydroxylation is 2. The van der Waals surface area contributed by atoms with E-state index in [9.17, 15) is 9.59 Å². The molecule has 6 nitrogen and oxygen atoms in total. The number of carbonyl (C=O) groups is 2. The number of pyridine rings is 2. The molecule has 0 atom stereocenters. The zero-order chi connectivity index (χ0) is 17.6. The maximum atomic E-state index is 11.0. The first-order valence-corrected chi connectivity index (χ1v) is 7.09. The number of hydrogen-bond donors (Lipinski definition) is 1. The zero-order valence-corrected chi connectivity index (χ0v) is 14.1. The number of halogens is 2. The Morgan fingerprint density at radius 1 is 0.957 bits per heavy atom. The van der Waals surface area contributed by atoms with Gasteiger partial charge in [0, 0.05) is 11.4 Å². The minimum Gasteiger partial charge on any atom is -0.478 e. The number of carboxylic acids is 1. The van der Waals surface area contributed by atoms with E-state index >= 15 is 0 Å². The number of methoxy groups -OCH3 is 1. The van der Waals surface area contributed by atoms with Crippen molar-refractivity contribution >= 4 is 35.1 Å². The lowest BCUT2D eigenvalue weighted by atomic mass is 10.2. The van der Waals surface area contributed by atoms with Crippen LogP contribution in [0.15, 0.2) is 24.3 Å². The van der Waals surface area contributed by atoms with Gasteiger partial charge >= 0.3 is 11.9 Å².